The number of anilines is 1. The number of pyridine rings is 1. The molecular formula is C28H26F2N6O2S. The van der Waals surface area contributed by atoms with Crippen LogP contribution in [0.25, 0.3) is 22.5 Å². The third kappa shape index (κ3) is 3.82. The Balaban J connectivity index is 1.45. The third-order valence-electron chi connectivity index (χ3n) is 8.33. The highest BCUT2D eigenvalue weighted by atomic mass is 32.2. The van der Waals surface area contributed by atoms with Crippen LogP contribution < -0.4 is 4.72 Å². The summed E-state index contributed by atoms with van der Waals surface area (Å²) in [5, 5.41) is 8.86. The zero-order valence-electron chi connectivity index (χ0n) is 21.8. The molecule has 2 atom stereocenters. The summed E-state index contributed by atoms with van der Waals surface area (Å²) in [6.07, 6.45) is 7.67. The molecule has 6 rings (SSSR count). The summed E-state index contributed by atoms with van der Waals surface area (Å²) in [6, 6.07) is 7.34. The van der Waals surface area contributed by atoms with Gasteiger partial charge in [-0.3, -0.25) is 9.71 Å². The van der Waals surface area contributed by atoms with E-state index in [-0.39, 0.29) is 28.4 Å². The highest BCUT2D eigenvalue weighted by molar-refractivity contribution is 7.92. The van der Waals surface area contributed by atoms with Crippen LogP contribution in [0.15, 0.2) is 48.9 Å². The number of hydrogen-bond donors (Lipinski definition) is 1. The first-order valence-electron chi connectivity index (χ1n) is 12.5. The normalized spacial score (nSPS) is 21.1. The van der Waals surface area contributed by atoms with Gasteiger partial charge < -0.3 is 0 Å². The number of nitrogens with one attached hydrogen (secondary N) is 1. The fourth-order valence-corrected chi connectivity index (χ4v) is 7.03. The second kappa shape index (κ2) is 8.57. The molecule has 3 aromatic heterocycles. The number of sulfonamides is 1. The molecule has 2 aliphatic rings. The summed E-state index contributed by atoms with van der Waals surface area (Å²) >= 11 is 0. The Morgan fingerprint density at radius 1 is 1.03 bits per heavy atom. The Morgan fingerprint density at radius 3 is 2.46 bits per heavy atom. The van der Waals surface area contributed by atoms with Crippen molar-refractivity contribution in [2.24, 2.45) is 5.41 Å². The standard InChI is InChI=1S/C28H26F2N6O2S/c1-15-10-16(12-32-26(15)36-39(4,37)38)22-13-31-14-23(33-22)28-9-8-18(27(28,2)3)17-11-21(34-35-25(17)28)24-19(29)6-5-7-20(24)30/h5-7,10-14,18H,8-9H2,1-4H3,(H,32,36)/t18-,28-/m0/s1. The zero-order chi connectivity index (χ0) is 27.7. The molecule has 0 unspecified atom stereocenters. The summed E-state index contributed by atoms with van der Waals surface area (Å²) in [6.45, 7) is 6.10. The lowest BCUT2D eigenvalue weighted by Crippen LogP contribution is -2.38. The maximum absolute atomic E-state index is 14.5. The number of aromatic nitrogens is 5. The maximum atomic E-state index is 14.5. The van der Waals surface area contributed by atoms with Gasteiger partial charge in [-0.2, -0.15) is 5.10 Å². The predicted octanol–water partition coefficient (Wildman–Crippen LogP) is 5.16. The van der Waals surface area contributed by atoms with Crippen molar-refractivity contribution in [1.82, 2.24) is 25.1 Å². The van der Waals surface area contributed by atoms with Gasteiger partial charge >= 0.3 is 0 Å². The quantitative estimate of drug-likeness (QED) is 0.367. The lowest BCUT2D eigenvalue weighted by atomic mass is 9.66. The molecular weight excluding hydrogens is 522 g/mol. The van der Waals surface area contributed by atoms with Gasteiger partial charge in [0.15, 0.2) is 0 Å². The highest BCUT2D eigenvalue weighted by Crippen LogP contribution is 2.69. The van der Waals surface area contributed by atoms with Crippen molar-refractivity contribution in [2.75, 3.05) is 11.0 Å². The molecule has 1 aromatic carbocycles. The van der Waals surface area contributed by atoms with Crippen LogP contribution in [0.5, 0.6) is 0 Å². The highest BCUT2D eigenvalue weighted by Gasteiger charge is 2.65. The zero-order valence-corrected chi connectivity index (χ0v) is 22.6. The minimum Gasteiger partial charge on any atom is -0.267 e. The Morgan fingerprint density at radius 2 is 1.77 bits per heavy atom. The molecule has 39 heavy (non-hydrogen) atoms. The second-order valence-electron chi connectivity index (χ2n) is 10.9. The molecule has 4 aromatic rings. The van der Waals surface area contributed by atoms with E-state index in [2.05, 4.69) is 38.7 Å². The number of nitrogens with zero attached hydrogens (tertiary/aromatic N) is 5. The van der Waals surface area contributed by atoms with Gasteiger partial charge in [-0.25, -0.2) is 27.2 Å². The van der Waals surface area contributed by atoms with Gasteiger partial charge in [-0.05, 0) is 66.5 Å². The molecule has 200 valence electrons. The second-order valence-corrected chi connectivity index (χ2v) is 12.7. The van der Waals surface area contributed by atoms with Crippen molar-refractivity contribution in [1.29, 1.82) is 0 Å². The van der Waals surface area contributed by atoms with Gasteiger partial charge in [0.2, 0.25) is 10.0 Å². The Bertz CT molecular complexity index is 1740. The molecule has 3 heterocycles. The molecule has 0 spiro atoms. The van der Waals surface area contributed by atoms with Gasteiger partial charge in [0, 0.05) is 18.0 Å². The van der Waals surface area contributed by atoms with E-state index in [1.807, 2.05) is 6.07 Å². The fraction of sp³-hybridized carbons (Fsp3) is 0.321. The summed E-state index contributed by atoms with van der Waals surface area (Å²) in [7, 11) is -3.46. The molecule has 0 aliphatic heterocycles. The SMILES string of the molecule is Cc1cc(-c2cncc([C@@]34CC[C@@H](c5cc(-c6c(F)cccc6F)nnc53)C4(C)C)n2)cnc1NS(C)(=O)=O. The molecule has 1 fully saturated rings. The summed E-state index contributed by atoms with van der Waals surface area (Å²) in [4.78, 5) is 13.8. The number of aryl methyl sites for hydroxylation is 1. The van der Waals surface area contributed by atoms with E-state index in [4.69, 9.17) is 4.98 Å². The number of fused-ring (bicyclic) bond motifs is 5. The van der Waals surface area contributed by atoms with E-state index in [1.54, 1.807) is 31.6 Å². The van der Waals surface area contributed by atoms with E-state index in [9.17, 15) is 17.2 Å². The molecule has 0 amide bonds. The van der Waals surface area contributed by atoms with Crippen LogP contribution in [0.1, 0.15) is 55.1 Å². The van der Waals surface area contributed by atoms with Crippen LogP contribution >= 0.6 is 0 Å². The van der Waals surface area contributed by atoms with Crippen LogP contribution in [-0.2, 0) is 15.4 Å². The summed E-state index contributed by atoms with van der Waals surface area (Å²) < 4.78 is 54.8. The number of benzene rings is 1. The van der Waals surface area contributed by atoms with Crippen molar-refractivity contribution < 1.29 is 17.2 Å². The van der Waals surface area contributed by atoms with Crippen molar-refractivity contribution in [2.45, 2.75) is 44.9 Å². The Hall–Kier alpha value is -3.86. The van der Waals surface area contributed by atoms with Crippen LogP contribution in [0.2, 0.25) is 0 Å². The van der Waals surface area contributed by atoms with E-state index in [0.29, 0.717) is 16.8 Å². The molecule has 2 bridgehead atoms. The van der Waals surface area contributed by atoms with E-state index in [0.717, 1.165) is 36.0 Å². The van der Waals surface area contributed by atoms with Crippen molar-refractivity contribution in [3.8, 4) is 22.5 Å². The first kappa shape index (κ1) is 25.4. The average molecular weight is 549 g/mol. The number of hydrogen-bond acceptors (Lipinski definition) is 7. The summed E-state index contributed by atoms with van der Waals surface area (Å²) in [5.74, 6) is -0.999. The molecule has 0 saturated heterocycles. The van der Waals surface area contributed by atoms with E-state index < -0.39 is 27.1 Å². The van der Waals surface area contributed by atoms with E-state index >= 15 is 0 Å². The topological polar surface area (TPSA) is 111 Å². The lowest BCUT2D eigenvalue weighted by Gasteiger charge is -2.37. The smallest absolute Gasteiger partial charge is 0.230 e. The monoisotopic (exact) mass is 548 g/mol. The largest absolute Gasteiger partial charge is 0.267 e. The van der Waals surface area contributed by atoms with Crippen LogP contribution in [0, 0.1) is 24.0 Å². The maximum Gasteiger partial charge on any atom is 0.230 e. The first-order valence-corrected chi connectivity index (χ1v) is 14.4. The van der Waals surface area contributed by atoms with E-state index in [1.165, 1.54) is 18.2 Å². The average Bonchev–Trinajstić information content (AvgIpc) is 3.25. The minimum atomic E-state index is -3.46. The Kier molecular flexibility index (Phi) is 5.59. The first-order chi connectivity index (χ1) is 18.4. The van der Waals surface area contributed by atoms with Crippen molar-refractivity contribution in [3.63, 3.8) is 0 Å². The van der Waals surface area contributed by atoms with Gasteiger partial charge in [0.1, 0.15) is 17.5 Å². The van der Waals surface area contributed by atoms with Gasteiger partial charge in [-0.15, -0.1) is 5.10 Å². The summed E-state index contributed by atoms with van der Waals surface area (Å²) in [5.41, 5.74) is 3.46. The molecule has 0 radical (unpaired) electrons. The van der Waals surface area contributed by atoms with Gasteiger partial charge in [0.05, 0.1) is 46.2 Å². The molecule has 11 heteroatoms. The minimum absolute atomic E-state index is 0.104. The van der Waals surface area contributed by atoms with Gasteiger partial charge in [-0.1, -0.05) is 19.9 Å². The fourth-order valence-electron chi connectivity index (χ4n) is 6.46. The lowest BCUT2D eigenvalue weighted by molar-refractivity contribution is 0.242. The van der Waals surface area contributed by atoms with Crippen LogP contribution in [0.4, 0.5) is 14.6 Å². The number of halogens is 2. The third-order valence-corrected chi connectivity index (χ3v) is 8.89. The number of rotatable bonds is 5. The molecule has 2 aliphatic carbocycles. The predicted molar refractivity (Wildman–Crippen MR) is 142 cm³/mol. The molecule has 1 saturated carbocycles. The van der Waals surface area contributed by atoms with Crippen molar-refractivity contribution >= 4 is 15.8 Å². The van der Waals surface area contributed by atoms with Crippen LogP contribution in [-0.4, -0.2) is 39.8 Å². The van der Waals surface area contributed by atoms with Crippen molar-refractivity contribution in [3.05, 3.63) is 83.1 Å². The Labute approximate surface area is 225 Å². The molecule has 1 N–H and O–H groups in total. The van der Waals surface area contributed by atoms with Gasteiger partial charge in [0.25, 0.3) is 0 Å². The van der Waals surface area contributed by atoms with Crippen LogP contribution in [0.3, 0.4) is 0 Å². The molecule has 8 nitrogen and oxygen atoms in total.